The minimum atomic E-state index is -0.203. The van der Waals surface area contributed by atoms with Crippen LogP contribution in [0.1, 0.15) is 69.7 Å². The fraction of sp³-hybridized carbons (Fsp3) is 0.650. The van der Waals surface area contributed by atoms with Gasteiger partial charge in [-0.1, -0.05) is 44.2 Å². The summed E-state index contributed by atoms with van der Waals surface area (Å²) in [6, 6.07) is 9.31. The predicted molar refractivity (Wildman–Crippen MR) is 97.0 cm³/mol. The van der Waals surface area contributed by atoms with Crippen LogP contribution < -0.4 is 5.32 Å². The first-order valence-corrected chi connectivity index (χ1v) is 9.70. The molecule has 0 saturated heterocycles. The van der Waals surface area contributed by atoms with E-state index < -0.39 is 0 Å². The van der Waals surface area contributed by atoms with Gasteiger partial charge in [-0.3, -0.25) is 0 Å². The SMILES string of the molecule is O[C@H]1CCCCC1NCc1nc2ccccc2n1C1CCCCC1. The van der Waals surface area contributed by atoms with Crippen LogP contribution in [0, 0.1) is 0 Å². The largest absolute Gasteiger partial charge is 0.392 e. The number of benzene rings is 1. The van der Waals surface area contributed by atoms with Crippen molar-refractivity contribution in [3.63, 3.8) is 0 Å². The number of aliphatic hydroxyl groups excluding tert-OH is 1. The van der Waals surface area contributed by atoms with Gasteiger partial charge in [0.15, 0.2) is 0 Å². The molecule has 2 aliphatic rings. The molecule has 0 aliphatic heterocycles. The van der Waals surface area contributed by atoms with E-state index >= 15 is 0 Å². The van der Waals surface area contributed by atoms with Gasteiger partial charge in [-0.25, -0.2) is 4.98 Å². The zero-order chi connectivity index (χ0) is 16.4. The predicted octanol–water partition coefficient (Wildman–Crippen LogP) is 3.93. The fourth-order valence-electron chi connectivity index (χ4n) is 4.54. The Morgan fingerprint density at radius 1 is 1.00 bits per heavy atom. The van der Waals surface area contributed by atoms with Gasteiger partial charge >= 0.3 is 0 Å². The molecule has 4 heteroatoms. The lowest BCUT2D eigenvalue weighted by molar-refractivity contribution is 0.0896. The minimum Gasteiger partial charge on any atom is -0.392 e. The number of rotatable bonds is 4. The molecule has 1 heterocycles. The molecule has 4 nitrogen and oxygen atoms in total. The molecule has 0 spiro atoms. The number of nitrogens with one attached hydrogen (secondary N) is 1. The molecule has 1 aromatic heterocycles. The first-order chi connectivity index (χ1) is 11.8. The molecule has 2 saturated carbocycles. The third kappa shape index (κ3) is 3.22. The molecule has 130 valence electrons. The average molecular weight is 327 g/mol. The lowest BCUT2D eigenvalue weighted by Crippen LogP contribution is -2.42. The van der Waals surface area contributed by atoms with E-state index in [9.17, 15) is 5.11 Å². The van der Waals surface area contributed by atoms with Gasteiger partial charge < -0.3 is 15.0 Å². The molecule has 0 bridgehead atoms. The van der Waals surface area contributed by atoms with Crippen LogP contribution in [-0.2, 0) is 6.54 Å². The van der Waals surface area contributed by atoms with Crippen molar-refractivity contribution in [2.75, 3.05) is 0 Å². The van der Waals surface area contributed by atoms with Crippen molar-refractivity contribution in [2.45, 2.75) is 82.5 Å². The molecule has 2 fully saturated rings. The van der Waals surface area contributed by atoms with Crippen molar-refractivity contribution < 1.29 is 5.11 Å². The second-order valence-corrected chi connectivity index (χ2v) is 7.52. The molecular weight excluding hydrogens is 298 g/mol. The summed E-state index contributed by atoms with van der Waals surface area (Å²) in [6.45, 7) is 0.757. The Morgan fingerprint density at radius 3 is 2.58 bits per heavy atom. The van der Waals surface area contributed by atoms with Gasteiger partial charge in [0.1, 0.15) is 5.82 Å². The maximum atomic E-state index is 10.2. The summed E-state index contributed by atoms with van der Waals surface area (Å²) >= 11 is 0. The first-order valence-electron chi connectivity index (χ1n) is 9.70. The van der Waals surface area contributed by atoms with Gasteiger partial charge in [-0.2, -0.15) is 0 Å². The molecule has 2 aliphatic carbocycles. The number of aromatic nitrogens is 2. The smallest absolute Gasteiger partial charge is 0.124 e. The van der Waals surface area contributed by atoms with Gasteiger partial charge in [-0.15, -0.1) is 0 Å². The van der Waals surface area contributed by atoms with Gasteiger partial charge in [0.25, 0.3) is 0 Å². The Balaban J connectivity index is 1.59. The quantitative estimate of drug-likeness (QED) is 0.894. The Bertz CT molecular complexity index is 675. The van der Waals surface area contributed by atoms with Crippen LogP contribution >= 0.6 is 0 Å². The van der Waals surface area contributed by atoms with E-state index in [2.05, 4.69) is 34.1 Å². The van der Waals surface area contributed by atoms with E-state index in [0.717, 1.165) is 37.1 Å². The molecule has 24 heavy (non-hydrogen) atoms. The summed E-state index contributed by atoms with van der Waals surface area (Å²) in [5.74, 6) is 1.14. The highest BCUT2D eigenvalue weighted by Gasteiger charge is 2.25. The second-order valence-electron chi connectivity index (χ2n) is 7.52. The highest BCUT2D eigenvalue weighted by molar-refractivity contribution is 5.76. The number of hydrogen-bond donors (Lipinski definition) is 2. The van der Waals surface area contributed by atoms with Gasteiger partial charge in [0.2, 0.25) is 0 Å². The van der Waals surface area contributed by atoms with Crippen LogP contribution in [0.4, 0.5) is 0 Å². The maximum Gasteiger partial charge on any atom is 0.124 e. The topological polar surface area (TPSA) is 50.1 Å². The van der Waals surface area contributed by atoms with E-state index in [0.29, 0.717) is 6.04 Å². The highest BCUT2D eigenvalue weighted by atomic mass is 16.3. The van der Waals surface area contributed by atoms with Crippen molar-refractivity contribution in [1.29, 1.82) is 0 Å². The number of aliphatic hydroxyl groups is 1. The Labute approximate surface area is 144 Å². The molecule has 0 amide bonds. The standard InChI is InChI=1S/C20H29N3O/c24-19-13-7-5-11-17(19)21-14-20-22-16-10-4-6-12-18(16)23(20)15-8-2-1-3-9-15/h4,6,10,12,15,17,19,21,24H,1-3,5,7-9,11,13-14H2/t17?,19-/m0/s1. The Hall–Kier alpha value is -1.39. The summed E-state index contributed by atoms with van der Waals surface area (Å²) < 4.78 is 2.48. The van der Waals surface area contributed by atoms with Crippen LogP contribution in [0.25, 0.3) is 11.0 Å². The van der Waals surface area contributed by atoms with Crippen LogP contribution in [0.3, 0.4) is 0 Å². The van der Waals surface area contributed by atoms with Crippen molar-refractivity contribution in [3.8, 4) is 0 Å². The zero-order valence-electron chi connectivity index (χ0n) is 14.5. The zero-order valence-corrected chi connectivity index (χ0v) is 14.5. The number of para-hydroxylation sites is 2. The van der Waals surface area contributed by atoms with E-state index in [1.165, 1.54) is 44.0 Å². The third-order valence-corrected chi connectivity index (χ3v) is 5.86. The molecule has 4 rings (SSSR count). The average Bonchev–Trinajstić information content (AvgIpc) is 3.00. The molecule has 1 unspecified atom stereocenters. The summed E-state index contributed by atoms with van der Waals surface area (Å²) in [7, 11) is 0. The number of imidazole rings is 1. The lowest BCUT2D eigenvalue weighted by Gasteiger charge is -2.29. The van der Waals surface area contributed by atoms with Crippen molar-refractivity contribution in [3.05, 3.63) is 30.1 Å². The number of hydrogen-bond acceptors (Lipinski definition) is 3. The van der Waals surface area contributed by atoms with Crippen LogP contribution in [0.5, 0.6) is 0 Å². The molecular formula is C20H29N3O. The fourth-order valence-corrected chi connectivity index (χ4v) is 4.54. The minimum absolute atomic E-state index is 0.203. The third-order valence-electron chi connectivity index (χ3n) is 5.86. The summed E-state index contributed by atoms with van der Waals surface area (Å²) in [4.78, 5) is 4.92. The van der Waals surface area contributed by atoms with Crippen molar-refractivity contribution in [1.82, 2.24) is 14.9 Å². The monoisotopic (exact) mass is 327 g/mol. The lowest BCUT2D eigenvalue weighted by atomic mass is 9.92. The van der Waals surface area contributed by atoms with Crippen LogP contribution in [-0.4, -0.2) is 26.8 Å². The van der Waals surface area contributed by atoms with Gasteiger partial charge in [0.05, 0.1) is 23.7 Å². The van der Waals surface area contributed by atoms with Gasteiger partial charge in [0, 0.05) is 12.1 Å². The normalized spacial score (nSPS) is 26.0. The van der Waals surface area contributed by atoms with E-state index in [1.807, 2.05) is 0 Å². The Kier molecular flexibility index (Phi) is 4.86. The first kappa shape index (κ1) is 16.1. The van der Waals surface area contributed by atoms with E-state index in [-0.39, 0.29) is 12.1 Å². The number of nitrogens with zero attached hydrogens (tertiary/aromatic N) is 2. The molecule has 1 aromatic carbocycles. The molecule has 2 aromatic rings. The highest BCUT2D eigenvalue weighted by Crippen LogP contribution is 2.32. The van der Waals surface area contributed by atoms with Crippen molar-refractivity contribution >= 4 is 11.0 Å². The summed E-state index contributed by atoms with van der Waals surface area (Å²) in [5, 5.41) is 13.8. The second kappa shape index (κ2) is 7.24. The number of fused-ring (bicyclic) bond motifs is 1. The summed E-state index contributed by atoms with van der Waals surface area (Å²) in [5.41, 5.74) is 2.37. The maximum absolute atomic E-state index is 10.2. The molecule has 2 N–H and O–H groups in total. The van der Waals surface area contributed by atoms with E-state index in [4.69, 9.17) is 4.98 Å². The summed E-state index contributed by atoms with van der Waals surface area (Å²) in [6.07, 6.45) is 10.7. The van der Waals surface area contributed by atoms with E-state index in [1.54, 1.807) is 0 Å². The van der Waals surface area contributed by atoms with Crippen LogP contribution in [0.15, 0.2) is 24.3 Å². The Morgan fingerprint density at radius 2 is 1.75 bits per heavy atom. The van der Waals surface area contributed by atoms with Gasteiger partial charge in [-0.05, 0) is 37.8 Å². The molecule has 2 atom stereocenters. The molecule has 0 radical (unpaired) electrons. The van der Waals surface area contributed by atoms with Crippen molar-refractivity contribution in [2.24, 2.45) is 0 Å². The van der Waals surface area contributed by atoms with Crippen LogP contribution in [0.2, 0.25) is 0 Å².